The van der Waals surface area contributed by atoms with Crippen LogP contribution in [0.3, 0.4) is 0 Å². The first-order valence-electron chi connectivity index (χ1n) is 10.4. The van der Waals surface area contributed by atoms with E-state index in [0.717, 1.165) is 51.1 Å². The number of fused-ring (bicyclic) bond motifs is 1. The van der Waals surface area contributed by atoms with Gasteiger partial charge in [0, 0.05) is 35.6 Å². The Kier molecular flexibility index (Phi) is 5.43. The predicted molar refractivity (Wildman–Crippen MR) is 130 cm³/mol. The van der Waals surface area contributed by atoms with Crippen molar-refractivity contribution in [2.45, 2.75) is 13.0 Å². The summed E-state index contributed by atoms with van der Waals surface area (Å²) >= 11 is 1.63. The van der Waals surface area contributed by atoms with Crippen LogP contribution in [0.15, 0.2) is 77.4 Å². The standard InChI is InChI=1S/C25H23N5OS/c1-29(2)15-19-16-32-25(26-19)18-7-5-6-17(12-18)22-14-24(31)28-23-13-20(8-9-21(23)27-22)30-10-3-4-11-30/h3-13,16H,14-15H2,1-2H3,(H,28,31). The molecule has 2 aromatic carbocycles. The van der Waals surface area contributed by atoms with Crippen molar-refractivity contribution in [3.05, 3.63) is 83.6 Å². The van der Waals surface area contributed by atoms with E-state index in [-0.39, 0.29) is 12.3 Å². The number of hydrogen-bond donors (Lipinski definition) is 1. The van der Waals surface area contributed by atoms with Crippen molar-refractivity contribution in [3.8, 4) is 16.3 Å². The van der Waals surface area contributed by atoms with E-state index < -0.39 is 0 Å². The fourth-order valence-electron chi connectivity index (χ4n) is 3.75. The molecule has 1 aliphatic rings. The highest BCUT2D eigenvalue weighted by molar-refractivity contribution is 7.13. The Morgan fingerprint density at radius 1 is 1.06 bits per heavy atom. The van der Waals surface area contributed by atoms with Crippen molar-refractivity contribution in [1.82, 2.24) is 14.5 Å². The minimum atomic E-state index is -0.0694. The first-order valence-corrected chi connectivity index (χ1v) is 11.3. The van der Waals surface area contributed by atoms with Gasteiger partial charge in [0.1, 0.15) is 5.01 Å². The van der Waals surface area contributed by atoms with Gasteiger partial charge in [-0.3, -0.25) is 9.79 Å². The lowest BCUT2D eigenvalue weighted by Crippen LogP contribution is -2.15. The zero-order valence-corrected chi connectivity index (χ0v) is 18.8. The van der Waals surface area contributed by atoms with Crippen molar-refractivity contribution >= 4 is 34.3 Å². The maximum atomic E-state index is 12.7. The third-order valence-corrected chi connectivity index (χ3v) is 6.15. The van der Waals surface area contributed by atoms with Crippen LogP contribution >= 0.6 is 11.3 Å². The molecule has 5 rings (SSSR count). The predicted octanol–water partition coefficient (Wildman–Crippen LogP) is 5.13. The Morgan fingerprint density at radius 3 is 2.69 bits per heavy atom. The summed E-state index contributed by atoms with van der Waals surface area (Å²) < 4.78 is 2.00. The van der Waals surface area contributed by atoms with Gasteiger partial charge in [-0.15, -0.1) is 11.3 Å². The summed E-state index contributed by atoms with van der Waals surface area (Å²) in [5.41, 5.74) is 6.24. The van der Waals surface area contributed by atoms with Crippen molar-refractivity contribution in [1.29, 1.82) is 0 Å². The molecule has 0 bridgehead atoms. The monoisotopic (exact) mass is 441 g/mol. The average molecular weight is 442 g/mol. The number of rotatable bonds is 5. The molecular weight excluding hydrogens is 418 g/mol. The normalized spacial score (nSPS) is 13.5. The van der Waals surface area contributed by atoms with Crippen molar-refractivity contribution in [3.63, 3.8) is 0 Å². The summed E-state index contributed by atoms with van der Waals surface area (Å²) in [7, 11) is 4.07. The Labute approximate surface area is 190 Å². The molecule has 0 aliphatic carbocycles. The molecule has 0 radical (unpaired) electrons. The molecule has 1 aliphatic heterocycles. The molecule has 7 heteroatoms. The molecule has 1 N–H and O–H groups in total. The summed E-state index contributed by atoms with van der Waals surface area (Å²) in [6.45, 7) is 0.810. The zero-order valence-electron chi connectivity index (χ0n) is 17.9. The molecule has 3 heterocycles. The van der Waals surface area contributed by atoms with Crippen LogP contribution < -0.4 is 5.32 Å². The van der Waals surface area contributed by atoms with Gasteiger partial charge in [-0.2, -0.15) is 0 Å². The third kappa shape index (κ3) is 4.26. The largest absolute Gasteiger partial charge is 0.324 e. The molecule has 6 nitrogen and oxygen atoms in total. The smallest absolute Gasteiger partial charge is 0.230 e. The number of carbonyl (C=O) groups is 1. The van der Waals surface area contributed by atoms with Gasteiger partial charge < -0.3 is 14.8 Å². The molecule has 160 valence electrons. The molecule has 4 aromatic rings. The molecule has 0 saturated carbocycles. The maximum absolute atomic E-state index is 12.7. The van der Waals surface area contributed by atoms with Gasteiger partial charge in [0.05, 0.1) is 29.2 Å². The molecule has 0 unspecified atom stereocenters. The summed E-state index contributed by atoms with van der Waals surface area (Å²) in [5.74, 6) is -0.0694. The SMILES string of the molecule is CN(C)Cc1csc(-c2cccc(C3=Nc4ccc(-n5cccc5)cc4NC(=O)C3)c2)n1. The van der Waals surface area contributed by atoms with E-state index >= 15 is 0 Å². The Balaban J connectivity index is 1.49. The van der Waals surface area contributed by atoms with Gasteiger partial charge in [-0.05, 0) is 56.1 Å². The van der Waals surface area contributed by atoms with E-state index in [1.807, 2.05) is 73.5 Å². The molecule has 1 amide bonds. The summed E-state index contributed by atoms with van der Waals surface area (Å²) in [6.07, 6.45) is 4.17. The van der Waals surface area contributed by atoms with Crippen LogP contribution in [0, 0.1) is 0 Å². The summed E-state index contributed by atoms with van der Waals surface area (Å²) in [4.78, 5) is 24.4. The van der Waals surface area contributed by atoms with Gasteiger partial charge in [0.25, 0.3) is 0 Å². The Morgan fingerprint density at radius 2 is 1.88 bits per heavy atom. The number of aliphatic imine (C=N–C) groups is 1. The molecule has 32 heavy (non-hydrogen) atoms. The lowest BCUT2D eigenvalue weighted by Gasteiger charge is -2.08. The summed E-state index contributed by atoms with van der Waals surface area (Å²) in [5, 5.41) is 6.08. The molecule has 0 fully saturated rings. The second-order valence-electron chi connectivity index (χ2n) is 8.04. The minimum Gasteiger partial charge on any atom is -0.324 e. The van der Waals surface area contributed by atoms with Crippen molar-refractivity contribution in [2.75, 3.05) is 19.4 Å². The number of carbonyl (C=O) groups excluding carboxylic acids is 1. The van der Waals surface area contributed by atoms with E-state index in [9.17, 15) is 4.79 Å². The minimum absolute atomic E-state index is 0.0694. The zero-order chi connectivity index (χ0) is 22.1. The van der Waals surface area contributed by atoms with Crippen LogP contribution in [0.2, 0.25) is 0 Å². The van der Waals surface area contributed by atoms with Crippen molar-refractivity contribution < 1.29 is 4.79 Å². The van der Waals surface area contributed by atoms with Crippen LogP contribution in [-0.2, 0) is 11.3 Å². The first-order chi connectivity index (χ1) is 15.5. The van der Waals surface area contributed by atoms with Crippen LogP contribution in [-0.4, -0.2) is 40.2 Å². The highest BCUT2D eigenvalue weighted by Crippen LogP contribution is 2.32. The quantitative estimate of drug-likeness (QED) is 0.467. The van der Waals surface area contributed by atoms with Crippen LogP contribution in [0.4, 0.5) is 11.4 Å². The number of thiazole rings is 1. The molecule has 0 spiro atoms. The fraction of sp³-hybridized carbons (Fsp3) is 0.160. The maximum Gasteiger partial charge on any atom is 0.230 e. The van der Waals surface area contributed by atoms with E-state index in [2.05, 4.69) is 27.7 Å². The van der Waals surface area contributed by atoms with Crippen LogP contribution in [0.1, 0.15) is 17.7 Å². The number of hydrogen-bond acceptors (Lipinski definition) is 5. The van der Waals surface area contributed by atoms with Gasteiger partial charge in [-0.1, -0.05) is 18.2 Å². The fourth-order valence-corrected chi connectivity index (χ4v) is 4.56. The third-order valence-electron chi connectivity index (χ3n) is 5.21. The molecule has 0 saturated heterocycles. The number of anilines is 1. The van der Waals surface area contributed by atoms with Gasteiger partial charge >= 0.3 is 0 Å². The number of benzene rings is 2. The average Bonchev–Trinajstić information content (AvgIpc) is 3.43. The highest BCUT2D eigenvalue weighted by Gasteiger charge is 2.18. The topological polar surface area (TPSA) is 62.5 Å². The van der Waals surface area contributed by atoms with E-state index in [1.165, 1.54) is 0 Å². The molecule has 2 aromatic heterocycles. The second kappa shape index (κ2) is 8.53. The number of nitrogens with zero attached hydrogens (tertiary/aromatic N) is 4. The van der Waals surface area contributed by atoms with Gasteiger partial charge in [-0.25, -0.2) is 4.98 Å². The van der Waals surface area contributed by atoms with E-state index in [4.69, 9.17) is 9.98 Å². The number of aromatic nitrogens is 2. The first kappa shape index (κ1) is 20.4. The lowest BCUT2D eigenvalue weighted by atomic mass is 10.0. The Hall–Kier alpha value is -3.55. The molecule has 0 atom stereocenters. The van der Waals surface area contributed by atoms with E-state index in [1.54, 1.807) is 11.3 Å². The van der Waals surface area contributed by atoms with Crippen LogP contribution in [0.25, 0.3) is 16.3 Å². The summed E-state index contributed by atoms with van der Waals surface area (Å²) in [6, 6.07) is 18.0. The van der Waals surface area contributed by atoms with Gasteiger partial charge in [0.15, 0.2) is 0 Å². The second-order valence-corrected chi connectivity index (χ2v) is 8.90. The highest BCUT2D eigenvalue weighted by atomic mass is 32.1. The molecular formula is C25H23N5OS. The Bertz CT molecular complexity index is 1300. The lowest BCUT2D eigenvalue weighted by molar-refractivity contribution is -0.115. The van der Waals surface area contributed by atoms with Crippen molar-refractivity contribution in [2.24, 2.45) is 4.99 Å². The van der Waals surface area contributed by atoms with Crippen LogP contribution in [0.5, 0.6) is 0 Å². The number of nitrogens with one attached hydrogen (secondary N) is 1. The van der Waals surface area contributed by atoms with E-state index in [0.29, 0.717) is 0 Å². The van der Waals surface area contributed by atoms with Gasteiger partial charge in [0.2, 0.25) is 5.91 Å². The number of amides is 1.